The number of nitrogens with zero attached hydrogens (tertiary/aromatic N) is 3. The topological polar surface area (TPSA) is 90.0 Å². The fraction of sp³-hybridized carbons (Fsp3) is 0.565. The van der Waals surface area contributed by atoms with Crippen LogP contribution >= 0.6 is 0 Å². The quantitative estimate of drug-likeness (QED) is 0.725. The summed E-state index contributed by atoms with van der Waals surface area (Å²) < 4.78 is 0. The summed E-state index contributed by atoms with van der Waals surface area (Å²) in [5.74, 6) is -1.91. The number of imide groups is 2. The van der Waals surface area contributed by atoms with E-state index in [1.165, 1.54) is 0 Å². The minimum Gasteiger partial charge on any atom is -0.364 e. The smallest absolute Gasteiger partial charge is 0.262 e. The van der Waals surface area contributed by atoms with Crippen molar-refractivity contribution in [2.24, 2.45) is 0 Å². The van der Waals surface area contributed by atoms with E-state index in [0.29, 0.717) is 11.1 Å². The first-order chi connectivity index (χ1) is 14.5. The Labute approximate surface area is 182 Å². The lowest BCUT2D eigenvalue weighted by Gasteiger charge is -2.50. The van der Waals surface area contributed by atoms with Crippen LogP contribution in [0.5, 0.6) is 0 Å². The highest BCUT2D eigenvalue weighted by atomic mass is 16.2. The number of piperidine rings is 1. The highest BCUT2D eigenvalue weighted by Crippen LogP contribution is 2.33. The summed E-state index contributed by atoms with van der Waals surface area (Å²) in [4.78, 5) is 55.5. The monoisotopic (exact) mass is 426 g/mol. The third kappa shape index (κ3) is 3.63. The molecule has 3 aliphatic rings. The molecule has 3 atom stereocenters. The maximum atomic E-state index is 13.1. The van der Waals surface area contributed by atoms with Crippen molar-refractivity contribution in [3.63, 3.8) is 0 Å². The van der Waals surface area contributed by atoms with E-state index in [0.717, 1.165) is 23.7 Å². The standard InChI is InChI=1S/C23H30N4O4/c1-13-11-25(23(3,4)5)12-14(2)26(13)15-6-7-16-17(10-15)22(31)27(21(16)30)18-8-9-19(28)24-20(18)29/h6-7,10,13-14,18H,8-9,11-12H2,1-5H3,(H,24,28,29)/t13?,14?,18-/m1/s1. The number of carbonyl (C=O) groups is 4. The van der Waals surface area contributed by atoms with Crippen molar-refractivity contribution in [2.45, 2.75) is 71.1 Å². The summed E-state index contributed by atoms with van der Waals surface area (Å²) in [5, 5.41) is 2.23. The van der Waals surface area contributed by atoms with E-state index in [1.807, 2.05) is 6.07 Å². The van der Waals surface area contributed by atoms with Crippen LogP contribution < -0.4 is 10.2 Å². The normalized spacial score (nSPS) is 27.6. The van der Waals surface area contributed by atoms with Crippen LogP contribution in [-0.2, 0) is 9.59 Å². The molecule has 8 nitrogen and oxygen atoms in total. The van der Waals surface area contributed by atoms with Crippen LogP contribution in [0.4, 0.5) is 5.69 Å². The number of anilines is 1. The molecule has 0 radical (unpaired) electrons. The fourth-order valence-electron chi connectivity index (χ4n) is 5.00. The van der Waals surface area contributed by atoms with Crippen molar-refractivity contribution < 1.29 is 19.2 Å². The first kappa shape index (κ1) is 21.5. The SMILES string of the molecule is CC1CN(C(C)(C)C)CC(C)N1c1ccc2c(c1)C(=O)N([C@@H]1CCC(=O)NC1=O)C2=O. The summed E-state index contributed by atoms with van der Waals surface area (Å²) in [7, 11) is 0. The van der Waals surface area contributed by atoms with Crippen molar-refractivity contribution in [3.05, 3.63) is 29.3 Å². The van der Waals surface area contributed by atoms with Gasteiger partial charge in [0.25, 0.3) is 11.8 Å². The van der Waals surface area contributed by atoms with Crippen LogP contribution in [0.2, 0.25) is 0 Å². The van der Waals surface area contributed by atoms with Gasteiger partial charge in [0.1, 0.15) is 6.04 Å². The second-order valence-electron chi connectivity index (χ2n) is 9.86. The summed E-state index contributed by atoms with van der Waals surface area (Å²) in [5.41, 5.74) is 1.62. The molecule has 2 fully saturated rings. The average Bonchev–Trinajstić information content (AvgIpc) is 2.91. The Hall–Kier alpha value is -2.74. The van der Waals surface area contributed by atoms with Crippen LogP contribution in [0, 0.1) is 0 Å². The fourth-order valence-corrected chi connectivity index (χ4v) is 5.00. The van der Waals surface area contributed by atoms with Gasteiger partial charge >= 0.3 is 0 Å². The second-order valence-corrected chi connectivity index (χ2v) is 9.86. The van der Waals surface area contributed by atoms with E-state index in [2.05, 4.69) is 49.7 Å². The Morgan fingerprint density at radius 3 is 2.13 bits per heavy atom. The third-order valence-corrected chi connectivity index (χ3v) is 6.59. The molecule has 1 aromatic rings. The Bertz CT molecular complexity index is 955. The van der Waals surface area contributed by atoms with Gasteiger partial charge in [0.05, 0.1) is 11.1 Å². The zero-order valence-corrected chi connectivity index (χ0v) is 18.8. The van der Waals surface area contributed by atoms with Gasteiger partial charge in [-0.05, 0) is 59.2 Å². The van der Waals surface area contributed by atoms with E-state index >= 15 is 0 Å². The molecule has 2 saturated heterocycles. The number of hydrogen-bond donors (Lipinski definition) is 1. The lowest BCUT2D eigenvalue weighted by Crippen LogP contribution is -2.61. The molecule has 2 unspecified atom stereocenters. The molecule has 8 heteroatoms. The minimum atomic E-state index is -0.943. The third-order valence-electron chi connectivity index (χ3n) is 6.59. The molecular weight excluding hydrogens is 396 g/mol. The molecule has 4 amide bonds. The number of carbonyl (C=O) groups excluding carboxylic acids is 4. The van der Waals surface area contributed by atoms with Gasteiger partial charge in [-0.15, -0.1) is 0 Å². The van der Waals surface area contributed by atoms with Crippen LogP contribution in [-0.4, -0.2) is 70.2 Å². The van der Waals surface area contributed by atoms with Gasteiger partial charge in [-0.25, -0.2) is 0 Å². The van der Waals surface area contributed by atoms with Crippen molar-refractivity contribution in [1.82, 2.24) is 15.1 Å². The zero-order chi connectivity index (χ0) is 22.7. The largest absolute Gasteiger partial charge is 0.364 e. The Kier molecular flexibility index (Phi) is 5.16. The Morgan fingerprint density at radius 2 is 1.55 bits per heavy atom. The number of amides is 4. The summed E-state index contributed by atoms with van der Waals surface area (Å²) in [6.45, 7) is 12.8. The van der Waals surface area contributed by atoms with E-state index in [-0.39, 0.29) is 36.4 Å². The Morgan fingerprint density at radius 1 is 0.935 bits per heavy atom. The first-order valence-corrected chi connectivity index (χ1v) is 10.9. The molecule has 0 aliphatic carbocycles. The number of piperazine rings is 1. The average molecular weight is 427 g/mol. The highest BCUT2D eigenvalue weighted by Gasteiger charge is 2.45. The molecule has 0 bridgehead atoms. The summed E-state index contributed by atoms with van der Waals surface area (Å²) in [6, 6.07) is 4.88. The second kappa shape index (κ2) is 7.44. The molecule has 31 heavy (non-hydrogen) atoms. The van der Waals surface area contributed by atoms with Gasteiger partial charge in [-0.3, -0.25) is 34.3 Å². The van der Waals surface area contributed by atoms with Crippen LogP contribution in [0.1, 0.15) is 68.2 Å². The molecule has 0 spiro atoms. The van der Waals surface area contributed by atoms with Crippen LogP contribution in [0.15, 0.2) is 18.2 Å². The van der Waals surface area contributed by atoms with Crippen LogP contribution in [0.25, 0.3) is 0 Å². The zero-order valence-electron chi connectivity index (χ0n) is 18.8. The molecule has 166 valence electrons. The molecule has 0 aromatic heterocycles. The summed E-state index contributed by atoms with van der Waals surface area (Å²) in [6.07, 6.45) is 0.272. The van der Waals surface area contributed by atoms with E-state index in [1.54, 1.807) is 12.1 Å². The predicted octanol–water partition coefficient (Wildman–Crippen LogP) is 1.79. The summed E-state index contributed by atoms with van der Waals surface area (Å²) >= 11 is 0. The van der Waals surface area contributed by atoms with Crippen molar-refractivity contribution >= 4 is 29.3 Å². The minimum absolute atomic E-state index is 0.0807. The van der Waals surface area contributed by atoms with Gasteiger partial charge in [0.2, 0.25) is 11.8 Å². The van der Waals surface area contributed by atoms with Gasteiger partial charge in [-0.2, -0.15) is 0 Å². The number of rotatable bonds is 2. The maximum Gasteiger partial charge on any atom is 0.262 e. The molecule has 4 rings (SSSR count). The molecule has 3 heterocycles. The van der Waals surface area contributed by atoms with Crippen molar-refractivity contribution in [2.75, 3.05) is 18.0 Å². The lowest BCUT2D eigenvalue weighted by molar-refractivity contribution is -0.136. The molecule has 3 aliphatic heterocycles. The van der Waals surface area contributed by atoms with E-state index in [9.17, 15) is 19.2 Å². The molecular formula is C23H30N4O4. The van der Waals surface area contributed by atoms with E-state index < -0.39 is 23.8 Å². The highest BCUT2D eigenvalue weighted by molar-refractivity contribution is 6.23. The maximum absolute atomic E-state index is 13.1. The molecule has 1 N–H and O–H groups in total. The van der Waals surface area contributed by atoms with Crippen molar-refractivity contribution in [3.8, 4) is 0 Å². The number of fused-ring (bicyclic) bond motifs is 1. The van der Waals surface area contributed by atoms with Gasteiger partial charge < -0.3 is 4.90 Å². The Balaban J connectivity index is 1.60. The number of benzene rings is 1. The number of hydrogen-bond acceptors (Lipinski definition) is 6. The number of nitrogens with one attached hydrogen (secondary N) is 1. The van der Waals surface area contributed by atoms with E-state index in [4.69, 9.17) is 0 Å². The van der Waals surface area contributed by atoms with Crippen molar-refractivity contribution in [1.29, 1.82) is 0 Å². The van der Waals surface area contributed by atoms with Gasteiger partial charge in [-0.1, -0.05) is 0 Å². The predicted molar refractivity (Wildman–Crippen MR) is 116 cm³/mol. The van der Waals surface area contributed by atoms with Gasteiger partial charge in [0.15, 0.2) is 0 Å². The lowest BCUT2D eigenvalue weighted by atomic mass is 9.98. The first-order valence-electron chi connectivity index (χ1n) is 10.9. The molecule has 0 saturated carbocycles. The van der Waals surface area contributed by atoms with Gasteiger partial charge in [0, 0.05) is 42.8 Å². The van der Waals surface area contributed by atoms with Crippen LogP contribution in [0.3, 0.4) is 0 Å². The molecule has 1 aromatic carbocycles.